The smallest absolute Gasteiger partial charge is 0.258 e. The van der Waals surface area contributed by atoms with Crippen molar-refractivity contribution in [1.29, 1.82) is 0 Å². The van der Waals surface area contributed by atoms with Crippen LogP contribution in [0.5, 0.6) is 5.75 Å². The third kappa shape index (κ3) is 4.01. The summed E-state index contributed by atoms with van der Waals surface area (Å²) in [5.74, 6) is 0.105. The van der Waals surface area contributed by atoms with Gasteiger partial charge in [-0.15, -0.1) is 0 Å². The number of ether oxygens (including phenoxy) is 1. The summed E-state index contributed by atoms with van der Waals surface area (Å²) in [6.07, 6.45) is 3.80. The second-order valence-electron chi connectivity index (χ2n) is 5.45. The first kappa shape index (κ1) is 15.8. The summed E-state index contributed by atoms with van der Waals surface area (Å²) in [6.45, 7) is -0.122. The number of nitrogens with one attached hydrogen (secondary N) is 2. The van der Waals surface area contributed by atoms with Gasteiger partial charge in [-0.25, -0.2) is 0 Å². The predicted molar refractivity (Wildman–Crippen MR) is 91.3 cm³/mol. The standard InChI is InChI=1S/C19H18N2O3/c22-17(13-24-15-9-5-2-6-10-15)21-18-16(20-19(18)23)12-11-14-7-3-1-4-8-14/h1-12,16,18H,13H2,(H,20,23)(H,21,22). The molecular weight excluding hydrogens is 304 g/mol. The van der Waals surface area contributed by atoms with E-state index in [1.807, 2.05) is 60.7 Å². The van der Waals surface area contributed by atoms with Crippen molar-refractivity contribution in [1.82, 2.24) is 10.6 Å². The highest BCUT2D eigenvalue weighted by molar-refractivity contribution is 5.94. The average Bonchev–Trinajstić information content (AvgIpc) is 2.63. The van der Waals surface area contributed by atoms with Crippen LogP contribution in [-0.4, -0.2) is 30.5 Å². The molecule has 1 saturated heterocycles. The van der Waals surface area contributed by atoms with E-state index in [4.69, 9.17) is 4.74 Å². The molecule has 0 radical (unpaired) electrons. The number of β-lactam (4-membered cyclic amide) rings is 1. The molecule has 0 bridgehead atoms. The Bertz CT molecular complexity index is 729. The van der Waals surface area contributed by atoms with Crippen LogP contribution < -0.4 is 15.4 Å². The molecule has 1 heterocycles. The molecule has 5 nitrogen and oxygen atoms in total. The Balaban J connectivity index is 1.50. The summed E-state index contributed by atoms with van der Waals surface area (Å²) >= 11 is 0. The first-order valence-corrected chi connectivity index (χ1v) is 7.73. The maximum absolute atomic E-state index is 11.9. The van der Waals surface area contributed by atoms with E-state index in [9.17, 15) is 9.59 Å². The van der Waals surface area contributed by atoms with Crippen LogP contribution in [0, 0.1) is 0 Å². The number of hydrogen-bond donors (Lipinski definition) is 2. The van der Waals surface area contributed by atoms with Gasteiger partial charge < -0.3 is 15.4 Å². The minimum atomic E-state index is -0.558. The highest BCUT2D eigenvalue weighted by atomic mass is 16.5. The zero-order valence-corrected chi connectivity index (χ0v) is 13.0. The Labute approximate surface area is 140 Å². The molecule has 2 N–H and O–H groups in total. The Morgan fingerprint density at radius 2 is 1.75 bits per heavy atom. The van der Waals surface area contributed by atoms with Crippen LogP contribution >= 0.6 is 0 Å². The fraction of sp³-hybridized carbons (Fsp3) is 0.158. The second-order valence-corrected chi connectivity index (χ2v) is 5.45. The molecule has 2 aromatic carbocycles. The topological polar surface area (TPSA) is 67.4 Å². The fourth-order valence-corrected chi connectivity index (χ4v) is 2.38. The van der Waals surface area contributed by atoms with E-state index in [0.717, 1.165) is 5.56 Å². The van der Waals surface area contributed by atoms with E-state index < -0.39 is 6.04 Å². The summed E-state index contributed by atoms with van der Waals surface area (Å²) < 4.78 is 5.38. The highest BCUT2D eigenvalue weighted by Gasteiger charge is 2.38. The Hall–Kier alpha value is -3.08. The Morgan fingerprint density at radius 1 is 1.08 bits per heavy atom. The van der Waals surface area contributed by atoms with Gasteiger partial charge in [0.2, 0.25) is 5.91 Å². The van der Waals surface area contributed by atoms with Crippen LogP contribution in [0.4, 0.5) is 0 Å². The van der Waals surface area contributed by atoms with Crippen LogP contribution in [0.3, 0.4) is 0 Å². The number of para-hydroxylation sites is 1. The Kier molecular flexibility index (Phi) is 4.91. The molecule has 0 saturated carbocycles. The van der Waals surface area contributed by atoms with Crippen LogP contribution in [0.1, 0.15) is 5.56 Å². The van der Waals surface area contributed by atoms with Crippen molar-refractivity contribution in [2.24, 2.45) is 0 Å². The van der Waals surface area contributed by atoms with Crippen LogP contribution in [0.25, 0.3) is 6.08 Å². The van der Waals surface area contributed by atoms with E-state index in [0.29, 0.717) is 5.75 Å². The minimum absolute atomic E-state index is 0.122. The quantitative estimate of drug-likeness (QED) is 0.797. The molecule has 2 amide bonds. The van der Waals surface area contributed by atoms with Gasteiger partial charge in [0, 0.05) is 0 Å². The molecule has 2 aromatic rings. The monoisotopic (exact) mass is 322 g/mol. The average molecular weight is 322 g/mol. The molecule has 0 spiro atoms. The fourth-order valence-electron chi connectivity index (χ4n) is 2.38. The van der Waals surface area contributed by atoms with Gasteiger partial charge in [0.25, 0.3) is 5.91 Å². The summed E-state index contributed by atoms with van der Waals surface area (Å²) in [5, 5.41) is 5.46. The SMILES string of the molecule is O=C(COc1ccccc1)NC1C(=O)NC1C=Cc1ccccc1. The van der Waals surface area contributed by atoms with Gasteiger partial charge in [-0.2, -0.15) is 0 Å². The maximum Gasteiger partial charge on any atom is 0.258 e. The molecule has 1 fully saturated rings. The van der Waals surface area contributed by atoms with E-state index in [1.165, 1.54) is 0 Å². The molecule has 5 heteroatoms. The molecule has 2 atom stereocenters. The molecule has 3 rings (SSSR count). The molecule has 0 aromatic heterocycles. The lowest BCUT2D eigenvalue weighted by Crippen LogP contribution is -2.68. The second kappa shape index (κ2) is 7.46. The van der Waals surface area contributed by atoms with Crippen molar-refractivity contribution in [3.8, 4) is 5.75 Å². The molecule has 0 aliphatic carbocycles. The summed E-state index contributed by atoms with van der Waals surface area (Å²) in [4.78, 5) is 23.6. The van der Waals surface area contributed by atoms with E-state index in [2.05, 4.69) is 10.6 Å². The number of carbonyl (C=O) groups is 2. The van der Waals surface area contributed by atoms with Crippen LogP contribution in [-0.2, 0) is 9.59 Å². The lowest BCUT2D eigenvalue weighted by molar-refractivity contribution is -0.135. The van der Waals surface area contributed by atoms with Crippen molar-refractivity contribution in [2.45, 2.75) is 12.1 Å². The third-order valence-electron chi connectivity index (χ3n) is 3.68. The first-order chi connectivity index (χ1) is 11.7. The number of rotatable bonds is 6. The van der Waals surface area contributed by atoms with Gasteiger partial charge in [-0.05, 0) is 17.7 Å². The number of benzene rings is 2. The number of amides is 2. The lowest BCUT2D eigenvalue weighted by atomic mass is 9.97. The Morgan fingerprint density at radius 3 is 2.42 bits per heavy atom. The van der Waals surface area contributed by atoms with Crippen LogP contribution in [0.2, 0.25) is 0 Å². The van der Waals surface area contributed by atoms with Gasteiger partial charge in [0.1, 0.15) is 11.8 Å². The molecule has 2 unspecified atom stereocenters. The number of carbonyl (C=O) groups excluding carboxylic acids is 2. The summed E-state index contributed by atoms with van der Waals surface area (Å²) in [5.41, 5.74) is 1.04. The normalized spacial score (nSPS) is 19.4. The molecular formula is C19H18N2O3. The third-order valence-corrected chi connectivity index (χ3v) is 3.68. The van der Waals surface area contributed by atoms with Crippen molar-refractivity contribution in [3.63, 3.8) is 0 Å². The van der Waals surface area contributed by atoms with Gasteiger partial charge in [-0.3, -0.25) is 9.59 Å². The van der Waals surface area contributed by atoms with Crippen molar-refractivity contribution < 1.29 is 14.3 Å². The van der Waals surface area contributed by atoms with Crippen molar-refractivity contribution in [2.75, 3.05) is 6.61 Å². The predicted octanol–water partition coefficient (Wildman–Crippen LogP) is 1.76. The maximum atomic E-state index is 11.9. The summed E-state index contributed by atoms with van der Waals surface area (Å²) in [6, 6.07) is 18.1. The van der Waals surface area contributed by atoms with Crippen molar-refractivity contribution >= 4 is 17.9 Å². The van der Waals surface area contributed by atoms with Crippen molar-refractivity contribution in [3.05, 3.63) is 72.3 Å². The largest absolute Gasteiger partial charge is 0.484 e. The van der Waals surface area contributed by atoms with Gasteiger partial charge in [0.05, 0.1) is 6.04 Å². The van der Waals surface area contributed by atoms with Crippen LogP contribution in [0.15, 0.2) is 66.7 Å². The zero-order chi connectivity index (χ0) is 16.8. The van der Waals surface area contributed by atoms with E-state index >= 15 is 0 Å². The molecule has 1 aliphatic heterocycles. The van der Waals surface area contributed by atoms with Gasteiger partial charge in [0.15, 0.2) is 6.61 Å². The van der Waals surface area contributed by atoms with Gasteiger partial charge in [-0.1, -0.05) is 60.7 Å². The molecule has 1 aliphatic rings. The molecule has 122 valence electrons. The van der Waals surface area contributed by atoms with E-state index in [-0.39, 0.29) is 24.5 Å². The highest BCUT2D eigenvalue weighted by Crippen LogP contribution is 2.11. The minimum Gasteiger partial charge on any atom is -0.484 e. The van der Waals surface area contributed by atoms with Gasteiger partial charge >= 0.3 is 0 Å². The zero-order valence-electron chi connectivity index (χ0n) is 13.0. The lowest BCUT2D eigenvalue weighted by Gasteiger charge is -2.35. The molecule has 24 heavy (non-hydrogen) atoms. The first-order valence-electron chi connectivity index (χ1n) is 7.73. The van der Waals surface area contributed by atoms with E-state index in [1.54, 1.807) is 12.1 Å². The number of hydrogen-bond acceptors (Lipinski definition) is 3. The summed E-state index contributed by atoms with van der Waals surface area (Å²) in [7, 11) is 0.